The third-order valence-electron chi connectivity index (χ3n) is 5.12. The number of aliphatic hydroxyl groups is 1. The first-order chi connectivity index (χ1) is 16.2. The maximum atomic E-state index is 13.2. The maximum Gasteiger partial charge on any atom is 0.262 e. The first-order valence-corrected chi connectivity index (χ1v) is 10.8. The molecule has 0 saturated carbocycles. The second kappa shape index (κ2) is 10.9. The van der Waals surface area contributed by atoms with E-state index in [2.05, 4.69) is 16.9 Å². The number of rotatable bonds is 10. The smallest absolute Gasteiger partial charge is 0.262 e. The molecular formula is C24H23ClFN3O5. The first kappa shape index (κ1) is 24.9. The fourth-order valence-corrected chi connectivity index (χ4v) is 3.58. The molecule has 0 aliphatic rings. The summed E-state index contributed by atoms with van der Waals surface area (Å²) in [6, 6.07) is 9.29. The van der Waals surface area contributed by atoms with Gasteiger partial charge in [-0.2, -0.15) is 0 Å². The van der Waals surface area contributed by atoms with Gasteiger partial charge in [-0.15, -0.1) is 0 Å². The van der Waals surface area contributed by atoms with Gasteiger partial charge in [0.15, 0.2) is 5.78 Å². The summed E-state index contributed by atoms with van der Waals surface area (Å²) in [5, 5.41) is 12.4. The number of aliphatic hydroxyl groups excluding tert-OH is 1. The number of halogens is 2. The number of amides is 1. The first-order valence-electron chi connectivity index (χ1n) is 10.4. The number of carbonyl (C=O) groups excluding carboxylic acids is 2. The van der Waals surface area contributed by atoms with Gasteiger partial charge in [-0.3, -0.25) is 19.0 Å². The fourth-order valence-electron chi connectivity index (χ4n) is 3.41. The lowest BCUT2D eigenvalue weighted by atomic mass is 10.1. The number of aromatic nitrogens is 2. The Kier molecular flexibility index (Phi) is 8.01. The van der Waals surface area contributed by atoms with Crippen LogP contribution in [0.4, 0.5) is 4.39 Å². The molecule has 0 bridgehead atoms. The highest BCUT2D eigenvalue weighted by molar-refractivity contribution is 6.32. The molecule has 1 amide bonds. The highest BCUT2D eigenvalue weighted by Gasteiger charge is 2.27. The second-order valence-corrected chi connectivity index (χ2v) is 7.93. The van der Waals surface area contributed by atoms with Gasteiger partial charge in [0, 0.05) is 6.42 Å². The van der Waals surface area contributed by atoms with Crippen molar-refractivity contribution in [1.82, 2.24) is 14.9 Å². The molecule has 0 spiro atoms. The quantitative estimate of drug-likeness (QED) is 0.413. The molecule has 10 heteroatoms. The predicted molar refractivity (Wildman–Crippen MR) is 126 cm³/mol. The number of carbonyl (C=O) groups is 2. The highest BCUT2D eigenvalue weighted by Crippen LogP contribution is 2.29. The molecule has 0 radical (unpaired) electrons. The molecule has 2 N–H and O–H groups in total. The Labute approximate surface area is 199 Å². The van der Waals surface area contributed by atoms with E-state index in [9.17, 15) is 23.9 Å². The van der Waals surface area contributed by atoms with E-state index < -0.39 is 36.0 Å². The molecule has 1 heterocycles. The lowest BCUT2D eigenvalue weighted by Crippen LogP contribution is -2.46. The van der Waals surface area contributed by atoms with Crippen molar-refractivity contribution in [3.63, 3.8) is 0 Å². The van der Waals surface area contributed by atoms with Gasteiger partial charge in [0.25, 0.3) is 5.56 Å². The molecule has 34 heavy (non-hydrogen) atoms. The zero-order valence-corrected chi connectivity index (χ0v) is 19.1. The topological polar surface area (TPSA) is 111 Å². The van der Waals surface area contributed by atoms with Crippen molar-refractivity contribution in [2.45, 2.75) is 31.8 Å². The lowest BCUT2D eigenvalue weighted by Gasteiger charge is -2.22. The summed E-state index contributed by atoms with van der Waals surface area (Å²) in [6.07, 6.45) is 1.09. The summed E-state index contributed by atoms with van der Waals surface area (Å²) < 4.78 is 19.8. The molecule has 0 aliphatic heterocycles. The predicted octanol–water partition coefficient (Wildman–Crippen LogP) is 4.28. The normalized spacial score (nSPS) is 12.7. The highest BCUT2D eigenvalue weighted by atomic mass is 35.5. The summed E-state index contributed by atoms with van der Waals surface area (Å²) in [6.45, 7) is 3.63. The van der Waals surface area contributed by atoms with Gasteiger partial charge in [0.05, 0.1) is 34.1 Å². The van der Waals surface area contributed by atoms with Gasteiger partial charge in [-0.25, -0.2) is 9.37 Å². The minimum atomic E-state index is -1.32. The molecule has 0 saturated heterocycles. The molecule has 1 unspecified atom stereocenters. The van der Waals surface area contributed by atoms with Crippen molar-refractivity contribution in [1.29, 1.82) is 0 Å². The Morgan fingerprint density at radius 1 is 1.29 bits per heavy atom. The number of nitrogens with one attached hydrogen (secondary N) is 1. The van der Waals surface area contributed by atoms with Crippen molar-refractivity contribution in [2.24, 2.45) is 0 Å². The molecule has 0 aliphatic carbocycles. The van der Waals surface area contributed by atoms with Crippen LogP contribution in [0, 0.1) is 0 Å². The average molecular weight is 488 g/mol. The summed E-state index contributed by atoms with van der Waals surface area (Å²) in [7, 11) is 0. The lowest BCUT2D eigenvalue weighted by molar-refractivity contribution is -0.130. The monoisotopic (exact) mass is 487 g/mol. The number of hydrogen-bond donors (Lipinski definition) is 2. The minimum absolute atomic E-state index is 0.186. The van der Waals surface area contributed by atoms with Gasteiger partial charge >= 0.3 is 0 Å². The van der Waals surface area contributed by atoms with Crippen LogP contribution in [0.2, 0.25) is 5.02 Å². The van der Waals surface area contributed by atoms with E-state index >= 15 is 0 Å². The van der Waals surface area contributed by atoms with Crippen LogP contribution in [-0.2, 0) is 9.59 Å². The average Bonchev–Trinajstić information content (AvgIpc) is 2.81. The molecule has 3 rings (SSSR count). The summed E-state index contributed by atoms with van der Waals surface area (Å²) in [4.78, 5) is 42.2. The minimum Gasteiger partial charge on any atom is -0.513 e. The van der Waals surface area contributed by atoms with E-state index in [1.165, 1.54) is 12.4 Å². The third-order valence-corrected chi connectivity index (χ3v) is 5.43. The van der Waals surface area contributed by atoms with Crippen molar-refractivity contribution in [3.8, 4) is 11.5 Å². The number of nitrogens with zero attached hydrogens (tertiary/aromatic N) is 2. The van der Waals surface area contributed by atoms with Crippen LogP contribution in [0.25, 0.3) is 10.9 Å². The van der Waals surface area contributed by atoms with E-state index in [1.54, 1.807) is 43.3 Å². The van der Waals surface area contributed by atoms with Crippen LogP contribution in [0.15, 0.2) is 65.9 Å². The van der Waals surface area contributed by atoms with Crippen LogP contribution in [0.5, 0.6) is 11.5 Å². The summed E-state index contributed by atoms with van der Waals surface area (Å²) in [5.74, 6) is -1.22. The maximum absolute atomic E-state index is 13.2. The van der Waals surface area contributed by atoms with E-state index in [-0.39, 0.29) is 24.0 Å². The molecule has 1 aromatic heterocycles. The van der Waals surface area contributed by atoms with Gasteiger partial charge in [0.1, 0.15) is 24.2 Å². The molecular weight excluding hydrogens is 465 g/mol. The van der Waals surface area contributed by atoms with Gasteiger partial charge in [-0.1, -0.05) is 37.2 Å². The zero-order valence-electron chi connectivity index (χ0n) is 18.3. The zero-order chi connectivity index (χ0) is 24.8. The Morgan fingerprint density at radius 2 is 2.03 bits per heavy atom. The van der Waals surface area contributed by atoms with Crippen molar-refractivity contribution in [3.05, 3.63) is 76.5 Å². The number of ether oxygens (including phenoxy) is 1. The molecule has 0 fully saturated rings. The van der Waals surface area contributed by atoms with Gasteiger partial charge in [-0.05, 0) is 36.8 Å². The Morgan fingerprint density at radius 3 is 2.68 bits per heavy atom. The summed E-state index contributed by atoms with van der Waals surface area (Å²) >= 11 is 6.13. The second-order valence-electron chi connectivity index (χ2n) is 7.52. The van der Waals surface area contributed by atoms with E-state index in [0.29, 0.717) is 22.0 Å². The van der Waals surface area contributed by atoms with Gasteiger partial charge in [0.2, 0.25) is 5.91 Å². The van der Waals surface area contributed by atoms with Crippen molar-refractivity contribution < 1.29 is 23.8 Å². The molecule has 178 valence electrons. The largest absolute Gasteiger partial charge is 0.513 e. The molecule has 8 nitrogen and oxygen atoms in total. The van der Waals surface area contributed by atoms with E-state index in [4.69, 9.17) is 16.3 Å². The Bertz CT molecular complexity index is 1290. The van der Waals surface area contributed by atoms with E-state index in [0.717, 1.165) is 4.57 Å². The van der Waals surface area contributed by atoms with Crippen molar-refractivity contribution in [2.75, 3.05) is 6.67 Å². The van der Waals surface area contributed by atoms with Crippen LogP contribution >= 0.6 is 11.6 Å². The number of hydrogen-bond acceptors (Lipinski definition) is 6. The Balaban J connectivity index is 1.93. The van der Waals surface area contributed by atoms with Crippen LogP contribution in [0.3, 0.4) is 0 Å². The van der Waals surface area contributed by atoms with Crippen LogP contribution < -0.4 is 15.6 Å². The van der Waals surface area contributed by atoms with E-state index in [1.807, 2.05) is 0 Å². The van der Waals surface area contributed by atoms with Crippen LogP contribution in [-0.4, -0.2) is 39.1 Å². The SMILES string of the molecule is C=C(O)CC(NC(=O)[C@H](CC)n1cnc2ccc(Oc3ccccc3Cl)cc2c1=O)C(=O)CF. The molecule has 3 aromatic rings. The number of para-hydroxylation sites is 1. The standard InChI is InChI=1S/C24H23ClFN3O5/c1-3-20(23(32)28-19(10-14(2)30)21(31)12-26)29-13-27-18-9-8-15(11-16(18)24(29)33)34-22-7-5-4-6-17(22)25/h4-9,11,13,19-20,30H,2-3,10,12H2,1H3,(H,28,32)/t19?,20-/m0/s1. The number of Topliss-reactive ketones (excluding diaryl/α,β-unsaturated/α-hetero) is 1. The van der Waals surface area contributed by atoms with Crippen LogP contribution in [0.1, 0.15) is 25.8 Å². The van der Waals surface area contributed by atoms with Crippen molar-refractivity contribution >= 4 is 34.2 Å². The number of fused-ring (bicyclic) bond motifs is 1. The number of benzene rings is 2. The Hall–Kier alpha value is -3.72. The molecule has 2 atom stereocenters. The summed E-state index contributed by atoms with van der Waals surface area (Å²) in [5.41, 5.74) is -0.110. The molecule has 2 aromatic carbocycles. The number of alkyl halides is 1. The van der Waals surface area contributed by atoms with Gasteiger partial charge < -0.3 is 15.2 Å². The fraction of sp³-hybridized carbons (Fsp3) is 0.250. The number of ketones is 1. The third kappa shape index (κ3) is 5.60.